The molecule has 228 valence electrons. The molecule has 10 heteroatoms. The van der Waals surface area contributed by atoms with Crippen LogP contribution in [0.2, 0.25) is 0 Å². The Bertz CT molecular complexity index is 1480. The first kappa shape index (κ1) is 32.0. The van der Waals surface area contributed by atoms with Crippen LogP contribution in [0.25, 0.3) is 0 Å². The molecule has 0 aromatic heterocycles. The summed E-state index contributed by atoms with van der Waals surface area (Å²) < 4.78 is 13.7. The average molecular weight is 599 g/mol. The van der Waals surface area contributed by atoms with E-state index in [1.54, 1.807) is 0 Å². The van der Waals surface area contributed by atoms with Gasteiger partial charge in [0.1, 0.15) is 12.1 Å². The van der Waals surface area contributed by atoms with E-state index in [1.807, 2.05) is 95.9 Å². The Morgan fingerprint density at radius 3 is 1.86 bits per heavy atom. The highest BCUT2D eigenvalue weighted by Crippen LogP contribution is 2.19. The fourth-order valence-corrected chi connectivity index (χ4v) is 4.91. The van der Waals surface area contributed by atoms with Crippen molar-refractivity contribution >= 4 is 17.5 Å². The van der Waals surface area contributed by atoms with Gasteiger partial charge in [-0.3, -0.25) is 24.6 Å². The van der Waals surface area contributed by atoms with E-state index in [4.69, 9.17) is 0 Å². The van der Waals surface area contributed by atoms with Crippen molar-refractivity contribution in [1.29, 1.82) is 0 Å². The number of amides is 2. The van der Waals surface area contributed by atoms with Gasteiger partial charge in [0.2, 0.25) is 17.6 Å². The molecule has 9 nitrogen and oxygen atoms in total. The van der Waals surface area contributed by atoms with Gasteiger partial charge in [-0.25, -0.2) is 0 Å². The molecule has 4 aromatic rings. The van der Waals surface area contributed by atoms with Gasteiger partial charge in [-0.05, 0) is 34.7 Å². The van der Waals surface area contributed by atoms with Crippen LogP contribution in [0.4, 0.5) is 10.1 Å². The molecular weight excluding hydrogens is 563 g/mol. The molecule has 4 aromatic carbocycles. The van der Waals surface area contributed by atoms with Gasteiger partial charge in [0.15, 0.2) is 0 Å². The third kappa shape index (κ3) is 9.29. The lowest BCUT2D eigenvalue weighted by Gasteiger charge is -2.31. The standard InChI is InChI=1S/C34H35FN4O5/c35-29-17-16-26(21-31(29)39(43)44)18-19-36-33(41)30(20-25-10-4-1-5-11-25)37-34(42)32(24-40)38(22-27-12-6-2-7-13-27)23-28-14-8-3-9-15-28/h1-17,21,30,32,40H,18-20,22-24H2,(H,36,41)(H,37,42)/t30-,32-/m0/s1. The number of nitrogens with one attached hydrogen (secondary N) is 2. The smallest absolute Gasteiger partial charge is 0.305 e. The van der Waals surface area contributed by atoms with E-state index in [0.717, 1.165) is 28.8 Å². The molecule has 0 unspecified atom stereocenters. The van der Waals surface area contributed by atoms with Crippen LogP contribution >= 0.6 is 0 Å². The summed E-state index contributed by atoms with van der Waals surface area (Å²) in [6.45, 7) is 0.441. The number of benzene rings is 4. The number of carbonyl (C=O) groups excluding carboxylic acids is 2. The third-order valence-corrected chi connectivity index (χ3v) is 7.21. The van der Waals surface area contributed by atoms with E-state index in [1.165, 1.54) is 6.07 Å². The summed E-state index contributed by atoms with van der Waals surface area (Å²) in [5, 5.41) is 27.2. The highest BCUT2D eigenvalue weighted by Gasteiger charge is 2.30. The minimum atomic E-state index is -0.961. The number of nitro groups is 1. The van der Waals surface area contributed by atoms with Crippen molar-refractivity contribution in [2.24, 2.45) is 0 Å². The molecule has 0 fully saturated rings. The SMILES string of the molecule is O=C(NCCc1ccc(F)c([N+](=O)[O-])c1)[C@H](Cc1ccccc1)NC(=O)[C@H](CO)N(Cc1ccccc1)Cc1ccccc1. The Morgan fingerprint density at radius 2 is 1.34 bits per heavy atom. The van der Waals surface area contributed by atoms with Crippen LogP contribution in [0.3, 0.4) is 0 Å². The molecule has 44 heavy (non-hydrogen) atoms. The van der Waals surface area contributed by atoms with Gasteiger partial charge >= 0.3 is 5.69 Å². The lowest BCUT2D eigenvalue weighted by atomic mass is 10.0. The maximum Gasteiger partial charge on any atom is 0.305 e. The van der Waals surface area contributed by atoms with E-state index < -0.39 is 46.9 Å². The molecule has 0 radical (unpaired) electrons. The summed E-state index contributed by atoms with van der Waals surface area (Å²) in [6.07, 6.45) is 0.427. The highest BCUT2D eigenvalue weighted by molar-refractivity contribution is 5.90. The lowest BCUT2D eigenvalue weighted by molar-refractivity contribution is -0.387. The van der Waals surface area contributed by atoms with Crippen LogP contribution in [-0.2, 0) is 35.5 Å². The number of hydrogen-bond donors (Lipinski definition) is 3. The zero-order chi connectivity index (χ0) is 31.3. The van der Waals surface area contributed by atoms with E-state index in [0.29, 0.717) is 18.7 Å². The number of aliphatic hydroxyl groups is 1. The van der Waals surface area contributed by atoms with E-state index in [2.05, 4.69) is 10.6 Å². The summed E-state index contributed by atoms with van der Waals surface area (Å²) >= 11 is 0. The van der Waals surface area contributed by atoms with Crippen LogP contribution in [0.1, 0.15) is 22.3 Å². The van der Waals surface area contributed by atoms with Gasteiger partial charge in [0.05, 0.1) is 11.5 Å². The first-order chi connectivity index (χ1) is 21.3. The molecule has 0 saturated carbocycles. The minimum absolute atomic E-state index is 0.111. The van der Waals surface area contributed by atoms with E-state index >= 15 is 0 Å². The summed E-state index contributed by atoms with van der Waals surface area (Å²) in [7, 11) is 0. The molecule has 0 heterocycles. The predicted molar refractivity (Wildman–Crippen MR) is 165 cm³/mol. The van der Waals surface area contributed by atoms with Crippen molar-refractivity contribution in [1.82, 2.24) is 15.5 Å². The van der Waals surface area contributed by atoms with Crippen molar-refractivity contribution in [3.63, 3.8) is 0 Å². The van der Waals surface area contributed by atoms with Crippen LogP contribution in [0.5, 0.6) is 0 Å². The second-order valence-electron chi connectivity index (χ2n) is 10.4. The Hall–Kier alpha value is -4.93. The number of halogens is 1. The lowest BCUT2D eigenvalue weighted by Crippen LogP contribution is -2.55. The van der Waals surface area contributed by atoms with Crippen LogP contribution in [-0.4, -0.2) is 52.0 Å². The molecule has 0 aliphatic carbocycles. The Kier molecular flexibility index (Phi) is 11.7. The maximum atomic E-state index is 13.7. The van der Waals surface area contributed by atoms with Crippen molar-refractivity contribution in [2.45, 2.75) is 38.0 Å². The van der Waals surface area contributed by atoms with Gasteiger partial charge in [-0.2, -0.15) is 4.39 Å². The molecule has 0 aliphatic heterocycles. The summed E-state index contributed by atoms with van der Waals surface area (Å²) in [5.41, 5.74) is 2.62. The number of nitrogens with zero attached hydrogens (tertiary/aromatic N) is 2. The zero-order valence-electron chi connectivity index (χ0n) is 24.1. The number of nitro benzene ring substituents is 1. The third-order valence-electron chi connectivity index (χ3n) is 7.21. The van der Waals surface area contributed by atoms with Crippen molar-refractivity contribution < 1.29 is 24.0 Å². The van der Waals surface area contributed by atoms with Crippen molar-refractivity contribution in [3.05, 3.63) is 147 Å². The molecule has 0 spiro atoms. The number of aliphatic hydroxyl groups excluding tert-OH is 1. The first-order valence-electron chi connectivity index (χ1n) is 14.3. The summed E-state index contributed by atoms with van der Waals surface area (Å²) in [5.74, 6) is -1.88. The fourth-order valence-electron chi connectivity index (χ4n) is 4.91. The highest BCUT2D eigenvalue weighted by atomic mass is 19.1. The first-order valence-corrected chi connectivity index (χ1v) is 14.3. The molecular formula is C34H35FN4O5. The quantitative estimate of drug-likeness (QED) is 0.139. The molecule has 3 N–H and O–H groups in total. The summed E-state index contributed by atoms with van der Waals surface area (Å²) in [4.78, 5) is 39.3. The monoisotopic (exact) mass is 598 g/mol. The zero-order valence-corrected chi connectivity index (χ0v) is 24.1. The van der Waals surface area contributed by atoms with Gasteiger partial charge in [-0.1, -0.05) is 97.1 Å². The van der Waals surface area contributed by atoms with Crippen LogP contribution in [0.15, 0.2) is 109 Å². The van der Waals surface area contributed by atoms with E-state index in [-0.39, 0.29) is 19.4 Å². The van der Waals surface area contributed by atoms with Crippen molar-refractivity contribution in [3.8, 4) is 0 Å². The largest absolute Gasteiger partial charge is 0.394 e. The topological polar surface area (TPSA) is 125 Å². The maximum absolute atomic E-state index is 13.7. The van der Waals surface area contributed by atoms with Crippen LogP contribution < -0.4 is 10.6 Å². The summed E-state index contributed by atoms with van der Waals surface area (Å²) in [6, 6.07) is 30.2. The molecule has 2 amide bonds. The average Bonchev–Trinajstić information content (AvgIpc) is 3.03. The number of carbonyl (C=O) groups is 2. The van der Waals surface area contributed by atoms with Crippen LogP contribution in [0, 0.1) is 15.9 Å². The van der Waals surface area contributed by atoms with Gasteiger partial charge < -0.3 is 15.7 Å². The Balaban J connectivity index is 1.49. The molecule has 0 aliphatic rings. The minimum Gasteiger partial charge on any atom is -0.394 e. The number of hydrogen-bond acceptors (Lipinski definition) is 6. The second-order valence-corrected chi connectivity index (χ2v) is 10.4. The molecule has 0 bridgehead atoms. The molecule has 2 atom stereocenters. The van der Waals surface area contributed by atoms with Crippen molar-refractivity contribution in [2.75, 3.05) is 13.2 Å². The van der Waals surface area contributed by atoms with Gasteiger partial charge in [0.25, 0.3) is 0 Å². The normalized spacial score (nSPS) is 12.3. The van der Waals surface area contributed by atoms with Gasteiger partial charge in [-0.15, -0.1) is 0 Å². The second kappa shape index (κ2) is 16.1. The fraction of sp³-hybridized carbons (Fsp3) is 0.235. The van der Waals surface area contributed by atoms with E-state index in [9.17, 15) is 29.2 Å². The van der Waals surface area contributed by atoms with Gasteiger partial charge in [0, 0.05) is 32.1 Å². The molecule has 4 rings (SSSR count). The Morgan fingerprint density at radius 1 is 0.795 bits per heavy atom. The Labute approximate surface area is 255 Å². The predicted octanol–water partition coefficient (Wildman–Crippen LogP) is 4.18. The number of rotatable bonds is 15. The molecule has 0 saturated heterocycles.